The zero-order valence-electron chi connectivity index (χ0n) is 17.0. The molecule has 0 aliphatic heterocycles. The molecule has 4 N–H and O–H groups in total. The predicted molar refractivity (Wildman–Crippen MR) is 116 cm³/mol. The van der Waals surface area contributed by atoms with E-state index in [-0.39, 0.29) is 11.7 Å². The topological polar surface area (TPSA) is 113 Å². The van der Waals surface area contributed by atoms with Gasteiger partial charge in [0.15, 0.2) is 17.3 Å². The summed E-state index contributed by atoms with van der Waals surface area (Å²) in [6, 6.07) is 11.0. The highest BCUT2D eigenvalue weighted by molar-refractivity contribution is 5.96. The lowest BCUT2D eigenvalue weighted by molar-refractivity contribution is 0.101. The first-order valence-electron chi connectivity index (χ1n) is 9.16. The number of carbonyl (C=O) groups is 1. The van der Waals surface area contributed by atoms with Crippen molar-refractivity contribution in [1.29, 1.82) is 0 Å². The zero-order chi connectivity index (χ0) is 21.7. The number of hydrogen-bond donors (Lipinski definition) is 2. The molecule has 7 nitrogen and oxygen atoms in total. The van der Waals surface area contributed by atoms with Crippen LogP contribution in [0.1, 0.15) is 39.5 Å². The molecule has 0 spiro atoms. The van der Waals surface area contributed by atoms with Gasteiger partial charge in [0, 0.05) is 29.3 Å². The van der Waals surface area contributed by atoms with Gasteiger partial charge in [-0.1, -0.05) is 30.0 Å². The number of rotatable bonds is 5. The molecule has 0 fully saturated rings. The van der Waals surface area contributed by atoms with E-state index in [1.165, 1.54) is 6.92 Å². The molecule has 0 aliphatic rings. The smallest absolute Gasteiger partial charge is 0.221 e. The van der Waals surface area contributed by atoms with Crippen molar-refractivity contribution in [1.82, 2.24) is 9.97 Å². The van der Waals surface area contributed by atoms with Crippen LogP contribution in [0.2, 0.25) is 0 Å². The predicted octanol–water partition coefficient (Wildman–Crippen LogP) is 2.85. The van der Waals surface area contributed by atoms with Gasteiger partial charge in [-0.15, -0.1) is 0 Å². The van der Waals surface area contributed by atoms with Crippen LogP contribution in [0.5, 0.6) is 11.5 Å². The molecule has 7 heteroatoms. The van der Waals surface area contributed by atoms with Gasteiger partial charge in [0.1, 0.15) is 5.82 Å². The quantitative estimate of drug-likeness (QED) is 0.498. The summed E-state index contributed by atoms with van der Waals surface area (Å²) < 4.78 is 11.0. The maximum atomic E-state index is 11.9. The third kappa shape index (κ3) is 4.50. The van der Waals surface area contributed by atoms with E-state index in [0.29, 0.717) is 40.4 Å². The third-order valence-corrected chi connectivity index (χ3v) is 4.49. The van der Waals surface area contributed by atoms with Crippen molar-refractivity contribution in [3.8, 4) is 23.3 Å². The third-order valence-electron chi connectivity index (χ3n) is 4.49. The van der Waals surface area contributed by atoms with E-state index in [9.17, 15) is 4.79 Å². The number of hydrogen-bond acceptors (Lipinski definition) is 7. The summed E-state index contributed by atoms with van der Waals surface area (Å²) in [5, 5.41) is 0. The summed E-state index contributed by atoms with van der Waals surface area (Å²) in [6.07, 6.45) is 2.06. The lowest BCUT2D eigenvalue weighted by atomic mass is 10.0. The van der Waals surface area contributed by atoms with E-state index in [4.69, 9.17) is 20.9 Å². The Morgan fingerprint density at radius 3 is 2.47 bits per heavy atom. The number of carbonyl (C=O) groups excluding carboxylic acids is 1. The maximum absolute atomic E-state index is 11.9. The number of ketones is 1. The van der Waals surface area contributed by atoms with Crippen molar-refractivity contribution in [2.45, 2.75) is 13.3 Å². The molecule has 2 aromatic carbocycles. The number of benzene rings is 2. The molecule has 0 atom stereocenters. The van der Waals surface area contributed by atoms with Gasteiger partial charge < -0.3 is 20.9 Å². The van der Waals surface area contributed by atoms with Gasteiger partial charge in [0.05, 0.1) is 19.8 Å². The molecular formula is C23H22N4O3. The lowest BCUT2D eigenvalue weighted by Gasteiger charge is -2.13. The van der Waals surface area contributed by atoms with Crippen LogP contribution in [-0.2, 0) is 6.42 Å². The molecule has 1 heterocycles. The summed E-state index contributed by atoms with van der Waals surface area (Å²) in [5.74, 6) is 7.63. The number of ether oxygens (including phenoxy) is 2. The number of nitrogens with two attached hydrogens (primary N) is 2. The van der Waals surface area contributed by atoms with E-state index in [0.717, 1.165) is 11.1 Å². The number of methoxy groups -OCH3 is 2. The molecule has 152 valence electrons. The van der Waals surface area contributed by atoms with Crippen LogP contribution in [0, 0.1) is 11.8 Å². The van der Waals surface area contributed by atoms with Gasteiger partial charge in [-0.25, -0.2) is 4.98 Å². The summed E-state index contributed by atoms with van der Waals surface area (Å²) in [5.41, 5.74) is 15.0. The van der Waals surface area contributed by atoms with Gasteiger partial charge in [-0.2, -0.15) is 4.98 Å². The van der Waals surface area contributed by atoms with Crippen molar-refractivity contribution in [2.24, 2.45) is 0 Å². The molecule has 0 saturated heterocycles. The van der Waals surface area contributed by atoms with Crippen molar-refractivity contribution >= 4 is 17.5 Å². The second-order valence-corrected chi connectivity index (χ2v) is 6.55. The first kappa shape index (κ1) is 20.7. The fourth-order valence-corrected chi connectivity index (χ4v) is 3.04. The summed E-state index contributed by atoms with van der Waals surface area (Å²) in [6.45, 7) is 1.52. The van der Waals surface area contributed by atoms with Gasteiger partial charge >= 0.3 is 0 Å². The highest BCUT2D eigenvalue weighted by Gasteiger charge is 2.13. The number of nitrogen functional groups attached to an aromatic ring is 2. The summed E-state index contributed by atoms with van der Waals surface area (Å²) >= 11 is 0. The van der Waals surface area contributed by atoms with Gasteiger partial charge in [0.2, 0.25) is 5.95 Å². The number of anilines is 2. The Labute approximate surface area is 175 Å². The molecule has 0 amide bonds. The minimum Gasteiger partial charge on any atom is -0.493 e. The highest BCUT2D eigenvalue weighted by atomic mass is 16.5. The monoisotopic (exact) mass is 402 g/mol. The van der Waals surface area contributed by atoms with Gasteiger partial charge in [-0.3, -0.25) is 4.79 Å². The largest absolute Gasteiger partial charge is 0.493 e. The van der Waals surface area contributed by atoms with Crippen molar-refractivity contribution in [3.05, 3.63) is 70.4 Å². The van der Waals surface area contributed by atoms with Gasteiger partial charge in [-0.05, 0) is 30.7 Å². The molecule has 0 unspecified atom stereocenters. The molecule has 0 saturated carbocycles. The lowest BCUT2D eigenvalue weighted by Crippen LogP contribution is -2.04. The number of aromatic nitrogens is 2. The molecule has 0 aliphatic carbocycles. The molecule has 0 bridgehead atoms. The first-order chi connectivity index (χ1) is 14.4. The van der Waals surface area contributed by atoms with Crippen LogP contribution in [0.4, 0.5) is 11.8 Å². The van der Waals surface area contributed by atoms with Crippen LogP contribution in [0.15, 0.2) is 42.6 Å². The van der Waals surface area contributed by atoms with Crippen LogP contribution in [-0.4, -0.2) is 30.0 Å². The van der Waals surface area contributed by atoms with Crippen molar-refractivity contribution in [3.63, 3.8) is 0 Å². The number of nitrogens with zero attached hydrogens (tertiary/aromatic N) is 2. The fraction of sp³-hybridized carbons (Fsp3) is 0.174. The van der Waals surface area contributed by atoms with Crippen molar-refractivity contribution in [2.75, 3.05) is 25.7 Å². The molecule has 0 radical (unpaired) electrons. The Balaban J connectivity index is 2.06. The van der Waals surface area contributed by atoms with E-state index in [1.807, 2.05) is 30.3 Å². The molecule has 3 aromatic rings. The average Bonchev–Trinajstić information content (AvgIpc) is 2.73. The van der Waals surface area contributed by atoms with Crippen LogP contribution >= 0.6 is 0 Å². The standard InChI is InChI=1S/C23H22N4O3/c1-14(28)19-7-5-4-6-16(19)8-9-17-10-15(12-20(29-2)21(17)30-3)11-18-13-26-23(25)27-22(18)24/h4-7,10,12-13H,11H2,1-3H3,(H4,24,25,26,27). The van der Waals surface area contributed by atoms with E-state index in [2.05, 4.69) is 21.8 Å². The second-order valence-electron chi connectivity index (χ2n) is 6.55. The minimum absolute atomic E-state index is 0.0444. The highest BCUT2D eigenvalue weighted by Crippen LogP contribution is 2.33. The second kappa shape index (κ2) is 8.97. The zero-order valence-corrected chi connectivity index (χ0v) is 17.0. The Hall–Kier alpha value is -4.05. The average molecular weight is 402 g/mol. The van der Waals surface area contributed by atoms with E-state index < -0.39 is 0 Å². The fourth-order valence-electron chi connectivity index (χ4n) is 3.04. The summed E-state index contributed by atoms with van der Waals surface area (Å²) in [4.78, 5) is 19.9. The summed E-state index contributed by atoms with van der Waals surface area (Å²) in [7, 11) is 3.11. The normalized spacial score (nSPS) is 10.1. The van der Waals surface area contributed by atoms with Crippen LogP contribution < -0.4 is 20.9 Å². The maximum Gasteiger partial charge on any atom is 0.221 e. The van der Waals surface area contributed by atoms with Crippen LogP contribution in [0.25, 0.3) is 0 Å². The number of Topliss-reactive ketones (excluding diaryl/α,β-unsaturated/α-hetero) is 1. The van der Waals surface area contributed by atoms with Crippen LogP contribution in [0.3, 0.4) is 0 Å². The Kier molecular flexibility index (Phi) is 6.18. The Bertz CT molecular complexity index is 1160. The molecule has 30 heavy (non-hydrogen) atoms. The van der Waals surface area contributed by atoms with E-state index >= 15 is 0 Å². The molecule has 3 rings (SSSR count). The minimum atomic E-state index is -0.0444. The first-order valence-corrected chi connectivity index (χ1v) is 9.16. The SMILES string of the molecule is COc1cc(Cc2cnc(N)nc2N)cc(C#Cc2ccccc2C(C)=O)c1OC. The molecule has 1 aromatic heterocycles. The molecular weight excluding hydrogens is 380 g/mol. The van der Waals surface area contributed by atoms with Gasteiger partial charge in [0.25, 0.3) is 0 Å². The Morgan fingerprint density at radius 2 is 1.80 bits per heavy atom. The van der Waals surface area contributed by atoms with E-state index in [1.54, 1.807) is 26.5 Å². The van der Waals surface area contributed by atoms with Crippen molar-refractivity contribution < 1.29 is 14.3 Å². The Morgan fingerprint density at radius 1 is 1.07 bits per heavy atom.